The lowest BCUT2D eigenvalue weighted by Crippen LogP contribution is -1.99. The van der Waals surface area contributed by atoms with E-state index in [1.807, 2.05) is 0 Å². The van der Waals surface area contributed by atoms with Crippen LogP contribution in [0.1, 0.15) is 12.5 Å². The molecule has 0 fully saturated rings. The van der Waals surface area contributed by atoms with Crippen molar-refractivity contribution in [2.45, 2.75) is 6.92 Å². The van der Waals surface area contributed by atoms with Crippen LogP contribution in [0.4, 0.5) is 0 Å². The molecule has 0 spiro atoms. The van der Waals surface area contributed by atoms with Crippen molar-refractivity contribution in [1.82, 2.24) is 0 Å². The largest absolute Gasteiger partial charge is 0.493 e. The zero-order valence-electron chi connectivity index (χ0n) is 10.8. The third-order valence-corrected chi connectivity index (χ3v) is 2.44. The van der Waals surface area contributed by atoms with Crippen LogP contribution in [0.5, 0.6) is 17.2 Å². The molecule has 18 heavy (non-hydrogen) atoms. The van der Waals surface area contributed by atoms with Gasteiger partial charge in [0.05, 0.1) is 21.3 Å². The van der Waals surface area contributed by atoms with Gasteiger partial charge in [-0.1, -0.05) is 0 Å². The van der Waals surface area contributed by atoms with Gasteiger partial charge in [0.2, 0.25) is 5.75 Å². The van der Waals surface area contributed by atoms with E-state index in [0.717, 1.165) is 0 Å². The topological polar surface area (TPSA) is 65.0 Å². The van der Waals surface area contributed by atoms with Crippen molar-refractivity contribution in [3.8, 4) is 17.2 Å². The van der Waals surface area contributed by atoms with Crippen molar-refractivity contribution in [2.75, 3.05) is 21.3 Å². The summed E-state index contributed by atoms with van der Waals surface area (Å²) in [5.74, 6) is 0.427. The van der Waals surface area contributed by atoms with Crippen LogP contribution in [-0.4, -0.2) is 32.4 Å². The van der Waals surface area contributed by atoms with Crippen LogP contribution in [0, 0.1) is 0 Å². The number of carboxylic acids is 1. The Balaban J connectivity index is 3.38. The molecule has 5 heteroatoms. The van der Waals surface area contributed by atoms with E-state index < -0.39 is 5.97 Å². The van der Waals surface area contributed by atoms with Crippen molar-refractivity contribution < 1.29 is 24.1 Å². The number of benzene rings is 1. The van der Waals surface area contributed by atoms with E-state index in [4.69, 9.17) is 19.3 Å². The molecule has 1 aromatic carbocycles. The number of methoxy groups -OCH3 is 3. The number of ether oxygens (including phenoxy) is 3. The van der Waals surface area contributed by atoms with Crippen LogP contribution in [-0.2, 0) is 4.79 Å². The lowest BCUT2D eigenvalue weighted by Gasteiger charge is -2.14. The van der Waals surface area contributed by atoms with Crippen molar-refractivity contribution in [3.63, 3.8) is 0 Å². The quantitative estimate of drug-likeness (QED) is 0.814. The number of hydrogen-bond donors (Lipinski definition) is 1. The van der Waals surface area contributed by atoms with Crippen molar-refractivity contribution in [2.24, 2.45) is 0 Å². The molecule has 0 atom stereocenters. The minimum Gasteiger partial charge on any atom is -0.493 e. The summed E-state index contributed by atoms with van der Waals surface area (Å²) in [5, 5.41) is 8.87. The molecular weight excluding hydrogens is 236 g/mol. The number of rotatable bonds is 5. The molecular formula is C13H16O5. The molecule has 0 amide bonds. The highest BCUT2D eigenvalue weighted by Crippen LogP contribution is 2.40. The van der Waals surface area contributed by atoms with Gasteiger partial charge in [0.25, 0.3) is 0 Å². The van der Waals surface area contributed by atoms with E-state index in [9.17, 15) is 4.79 Å². The van der Waals surface area contributed by atoms with Gasteiger partial charge in [0, 0.05) is 11.1 Å². The van der Waals surface area contributed by atoms with E-state index >= 15 is 0 Å². The first kappa shape index (κ1) is 13.9. The van der Waals surface area contributed by atoms with Gasteiger partial charge in [-0.3, -0.25) is 0 Å². The fourth-order valence-electron chi connectivity index (χ4n) is 1.53. The maximum Gasteiger partial charge on any atom is 0.331 e. The zero-order chi connectivity index (χ0) is 13.7. The fraction of sp³-hybridized carbons (Fsp3) is 0.308. The van der Waals surface area contributed by atoms with Gasteiger partial charge in [-0.2, -0.15) is 0 Å². The van der Waals surface area contributed by atoms with Crippen LogP contribution in [0.2, 0.25) is 0 Å². The number of hydrogen-bond acceptors (Lipinski definition) is 4. The van der Waals surface area contributed by atoms with Crippen molar-refractivity contribution in [1.29, 1.82) is 0 Å². The predicted octanol–water partition coefficient (Wildman–Crippen LogP) is 2.20. The summed E-state index contributed by atoms with van der Waals surface area (Å²) in [4.78, 5) is 10.8. The monoisotopic (exact) mass is 252 g/mol. The standard InChI is InChI=1S/C13H16O5/c1-8(13(14)15)7-9-5-6-10(16-2)12(18-4)11(9)17-3/h5-7H,1-4H3,(H,14,15). The molecule has 0 unspecified atom stereocenters. The molecule has 1 N–H and O–H groups in total. The third kappa shape index (κ3) is 2.74. The van der Waals surface area contributed by atoms with Gasteiger partial charge in [-0.25, -0.2) is 4.79 Å². The Bertz CT molecular complexity index is 477. The van der Waals surface area contributed by atoms with Gasteiger partial charge in [-0.15, -0.1) is 0 Å². The SMILES string of the molecule is COc1ccc(C=C(C)C(=O)O)c(OC)c1OC. The highest BCUT2D eigenvalue weighted by Gasteiger charge is 2.15. The van der Waals surface area contributed by atoms with E-state index in [-0.39, 0.29) is 5.57 Å². The van der Waals surface area contributed by atoms with Gasteiger partial charge in [0.1, 0.15) is 0 Å². The van der Waals surface area contributed by atoms with E-state index in [0.29, 0.717) is 22.8 Å². The molecule has 0 aliphatic carbocycles. The normalized spacial score (nSPS) is 11.0. The number of carbonyl (C=O) groups is 1. The summed E-state index contributed by atoms with van der Waals surface area (Å²) in [6.45, 7) is 1.51. The van der Waals surface area contributed by atoms with Crippen LogP contribution >= 0.6 is 0 Å². The fourth-order valence-corrected chi connectivity index (χ4v) is 1.53. The second-order valence-electron chi connectivity index (χ2n) is 3.56. The average Bonchev–Trinajstić information content (AvgIpc) is 2.37. The third-order valence-electron chi connectivity index (χ3n) is 2.44. The molecule has 5 nitrogen and oxygen atoms in total. The highest BCUT2D eigenvalue weighted by molar-refractivity contribution is 5.92. The summed E-state index contributed by atoms with van der Waals surface area (Å²) >= 11 is 0. The first-order valence-corrected chi connectivity index (χ1v) is 5.25. The first-order chi connectivity index (χ1) is 8.54. The average molecular weight is 252 g/mol. The molecule has 0 heterocycles. The Hall–Kier alpha value is -2.17. The molecule has 1 aromatic rings. The Kier molecular flexibility index (Phi) is 4.59. The molecule has 98 valence electrons. The van der Waals surface area contributed by atoms with Gasteiger partial charge >= 0.3 is 5.97 Å². The molecule has 0 aliphatic rings. The molecule has 0 aliphatic heterocycles. The smallest absolute Gasteiger partial charge is 0.331 e. The summed E-state index contributed by atoms with van der Waals surface area (Å²) in [6, 6.07) is 3.41. The minimum absolute atomic E-state index is 0.209. The number of carboxylic acid groups (broad SMARTS) is 1. The highest BCUT2D eigenvalue weighted by atomic mass is 16.5. The van der Waals surface area contributed by atoms with E-state index in [1.165, 1.54) is 34.3 Å². The van der Waals surface area contributed by atoms with Gasteiger partial charge in [-0.05, 0) is 25.1 Å². The van der Waals surface area contributed by atoms with Gasteiger partial charge in [0.15, 0.2) is 11.5 Å². The molecule has 1 rings (SSSR count). The lowest BCUT2D eigenvalue weighted by molar-refractivity contribution is -0.132. The second-order valence-corrected chi connectivity index (χ2v) is 3.56. The molecule has 0 saturated heterocycles. The van der Waals surface area contributed by atoms with Crippen molar-refractivity contribution >= 4 is 12.0 Å². The number of aliphatic carboxylic acids is 1. The van der Waals surface area contributed by atoms with Crippen molar-refractivity contribution in [3.05, 3.63) is 23.3 Å². The van der Waals surface area contributed by atoms with Crippen LogP contribution in [0.15, 0.2) is 17.7 Å². The van der Waals surface area contributed by atoms with Gasteiger partial charge < -0.3 is 19.3 Å². The van der Waals surface area contributed by atoms with E-state index in [2.05, 4.69) is 0 Å². The summed E-state index contributed by atoms with van der Waals surface area (Å²) in [6.07, 6.45) is 1.52. The Morgan fingerprint density at radius 1 is 1.11 bits per heavy atom. The van der Waals surface area contributed by atoms with E-state index in [1.54, 1.807) is 12.1 Å². The summed E-state index contributed by atoms with van der Waals surface area (Å²) < 4.78 is 15.6. The Morgan fingerprint density at radius 3 is 2.17 bits per heavy atom. The molecule has 0 radical (unpaired) electrons. The maximum atomic E-state index is 10.8. The Morgan fingerprint density at radius 2 is 1.72 bits per heavy atom. The minimum atomic E-state index is -0.980. The molecule has 0 aromatic heterocycles. The van der Waals surface area contributed by atoms with Crippen LogP contribution in [0.3, 0.4) is 0 Å². The molecule has 0 bridgehead atoms. The lowest BCUT2D eigenvalue weighted by atomic mass is 10.1. The zero-order valence-corrected chi connectivity index (χ0v) is 10.8. The summed E-state index contributed by atoms with van der Waals surface area (Å²) in [7, 11) is 4.51. The predicted molar refractivity (Wildman–Crippen MR) is 67.4 cm³/mol. The maximum absolute atomic E-state index is 10.8. The van der Waals surface area contributed by atoms with Crippen LogP contribution in [0.25, 0.3) is 6.08 Å². The second kappa shape index (κ2) is 5.95. The van der Waals surface area contributed by atoms with Crippen LogP contribution < -0.4 is 14.2 Å². The first-order valence-electron chi connectivity index (χ1n) is 5.25. The molecule has 0 saturated carbocycles. The Labute approximate surface area is 106 Å². The summed E-state index contributed by atoms with van der Waals surface area (Å²) in [5.41, 5.74) is 0.829.